The average Bonchev–Trinajstić information content (AvgIpc) is 2.33. The largest absolute Gasteiger partial charge is 0.497 e. The maximum absolute atomic E-state index is 11.7. The Labute approximate surface area is 105 Å². The number of nitrogens with one attached hydrogen (secondary N) is 1. The summed E-state index contributed by atoms with van der Waals surface area (Å²) in [5.41, 5.74) is 0.449. The van der Waals surface area contributed by atoms with Crippen molar-refractivity contribution in [3.8, 4) is 11.8 Å². The Morgan fingerprint density at radius 1 is 1.65 bits per heavy atom. The van der Waals surface area contributed by atoms with Crippen molar-refractivity contribution in [2.24, 2.45) is 5.92 Å². The number of methoxy groups -OCH3 is 1. The Morgan fingerprint density at radius 2 is 2.35 bits per heavy atom. The van der Waals surface area contributed by atoms with Gasteiger partial charge in [0, 0.05) is 6.07 Å². The lowest BCUT2D eigenvalue weighted by molar-refractivity contribution is -0.118. The molecule has 5 heteroatoms. The lowest BCUT2D eigenvalue weighted by atomic mass is 10.1. The highest BCUT2D eigenvalue weighted by atomic mass is 35.5. The van der Waals surface area contributed by atoms with Crippen LogP contribution >= 0.6 is 11.6 Å². The topological polar surface area (TPSA) is 62.1 Å². The third-order valence-corrected chi connectivity index (χ3v) is 2.64. The van der Waals surface area contributed by atoms with E-state index in [9.17, 15) is 4.79 Å². The molecule has 0 aliphatic heterocycles. The SMILES string of the molecule is CCC(C#N)C(=O)Nc1cc(OC)ccc1Cl. The first-order chi connectivity index (χ1) is 8.12. The molecule has 0 fully saturated rings. The smallest absolute Gasteiger partial charge is 0.241 e. The van der Waals surface area contributed by atoms with Gasteiger partial charge in [-0.2, -0.15) is 5.26 Å². The van der Waals surface area contributed by atoms with Crippen molar-refractivity contribution < 1.29 is 9.53 Å². The van der Waals surface area contributed by atoms with Crippen molar-refractivity contribution in [3.05, 3.63) is 23.2 Å². The van der Waals surface area contributed by atoms with E-state index >= 15 is 0 Å². The summed E-state index contributed by atoms with van der Waals surface area (Å²) in [5, 5.41) is 11.8. The highest BCUT2D eigenvalue weighted by Gasteiger charge is 2.16. The Bertz CT molecular complexity index is 454. The van der Waals surface area contributed by atoms with Crippen LogP contribution in [-0.4, -0.2) is 13.0 Å². The van der Waals surface area contributed by atoms with Gasteiger partial charge in [-0.05, 0) is 18.6 Å². The Balaban J connectivity index is 2.88. The monoisotopic (exact) mass is 252 g/mol. The molecule has 1 atom stereocenters. The van der Waals surface area contributed by atoms with Gasteiger partial charge in [-0.15, -0.1) is 0 Å². The molecule has 1 aromatic rings. The fraction of sp³-hybridized carbons (Fsp3) is 0.333. The lowest BCUT2D eigenvalue weighted by Gasteiger charge is -2.10. The molecule has 90 valence electrons. The number of hydrogen-bond acceptors (Lipinski definition) is 3. The normalized spacial score (nSPS) is 11.4. The van der Waals surface area contributed by atoms with Crippen molar-refractivity contribution in [1.82, 2.24) is 0 Å². The molecule has 1 amide bonds. The standard InChI is InChI=1S/C12H13ClN2O2/c1-3-8(7-14)12(16)15-11-6-9(17-2)4-5-10(11)13/h4-6,8H,3H2,1-2H3,(H,15,16). The molecule has 0 spiro atoms. The van der Waals surface area contributed by atoms with E-state index in [4.69, 9.17) is 21.6 Å². The van der Waals surface area contributed by atoms with Gasteiger partial charge in [0.2, 0.25) is 5.91 Å². The summed E-state index contributed by atoms with van der Waals surface area (Å²) in [6.45, 7) is 1.78. The number of benzene rings is 1. The van der Waals surface area contributed by atoms with Gasteiger partial charge in [0.05, 0.1) is 23.9 Å². The number of halogens is 1. The van der Waals surface area contributed by atoms with Crippen molar-refractivity contribution in [3.63, 3.8) is 0 Å². The van der Waals surface area contributed by atoms with E-state index in [0.29, 0.717) is 22.9 Å². The summed E-state index contributed by atoms with van der Waals surface area (Å²) < 4.78 is 5.03. The van der Waals surface area contributed by atoms with Crippen LogP contribution in [0.15, 0.2) is 18.2 Å². The van der Waals surface area contributed by atoms with E-state index in [-0.39, 0.29) is 5.91 Å². The van der Waals surface area contributed by atoms with Crippen LogP contribution in [-0.2, 0) is 4.79 Å². The Morgan fingerprint density at radius 3 is 2.88 bits per heavy atom. The van der Waals surface area contributed by atoms with Crippen LogP contribution in [0, 0.1) is 17.2 Å². The lowest BCUT2D eigenvalue weighted by Crippen LogP contribution is -2.21. The third kappa shape index (κ3) is 3.36. The number of ether oxygens (including phenoxy) is 1. The van der Waals surface area contributed by atoms with Crippen molar-refractivity contribution in [2.45, 2.75) is 13.3 Å². The number of amides is 1. The molecule has 1 rings (SSSR count). The molecule has 0 saturated carbocycles. The Kier molecular flexibility index (Phi) is 4.80. The van der Waals surface area contributed by atoms with Crippen LogP contribution in [0.1, 0.15) is 13.3 Å². The maximum Gasteiger partial charge on any atom is 0.241 e. The zero-order valence-electron chi connectivity index (χ0n) is 9.66. The number of anilines is 1. The number of nitriles is 1. The molecule has 0 aromatic heterocycles. The van der Waals surface area contributed by atoms with Gasteiger partial charge in [0.15, 0.2) is 0 Å². The predicted molar refractivity (Wildman–Crippen MR) is 66.0 cm³/mol. The van der Waals surface area contributed by atoms with E-state index in [1.807, 2.05) is 6.07 Å². The van der Waals surface area contributed by atoms with Crippen LogP contribution in [0.5, 0.6) is 5.75 Å². The number of carbonyl (C=O) groups excluding carboxylic acids is 1. The van der Waals surface area contributed by atoms with Crippen molar-refractivity contribution in [1.29, 1.82) is 5.26 Å². The first-order valence-corrected chi connectivity index (χ1v) is 5.54. The zero-order chi connectivity index (χ0) is 12.8. The average molecular weight is 253 g/mol. The second kappa shape index (κ2) is 6.12. The fourth-order valence-corrected chi connectivity index (χ4v) is 1.45. The molecule has 0 bridgehead atoms. The minimum atomic E-state index is -0.669. The van der Waals surface area contributed by atoms with Crippen LogP contribution in [0.25, 0.3) is 0 Å². The first-order valence-electron chi connectivity index (χ1n) is 5.16. The molecule has 0 saturated heterocycles. The quantitative estimate of drug-likeness (QED) is 0.896. The van der Waals surface area contributed by atoms with E-state index < -0.39 is 5.92 Å². The summed E-state index contributed by atoms with van der Waals surface area (Å²) in [5.74, 6) is -0.433. The van der Waals surface area contributed by atoms with Gasteiger partial charge < -0.3 is 10.1 Å². The molecule has 0 radical (unpaired) electrons. The van der Waals surface area contributed by atoms with Gasteiger partial charge in [-0.1, -0.05) is 18.5 Å². The Hall–Kier alpha value is -1.73. The van der Waals surface area contributed by atoms with Gasteiger partial charge in [0.1, 0.15) is 11.7 Å². The molecular formula is C12H13ClN2O2. The van der Waals surface area contributed by atoms with E-state index in [2.05, 4.69) is 5.32 Å². The van der Waals surface area contributed by atoms with Crippen LogP contribution in [0.2, 0.25) is 5.02 Å². The highest BCUT2D eigenvalue weighted by molar-refractivity contribution is 6.33. The van der Waals surface area contributed by atoms with Crippen LogP contribution in [0.4, 0.5) is 5.69 Å². The summed E-state index contributed by atoms with van der Waals surface area (Å²) in [6.07, 6.45) is 0.462. The second-order valence-electron chi connectivity index (χ2n) is 3.42. The number of hydrogen-bond donors (Lipinski definition) is 1. The molecule has 17 heavy (non-hydrogen) atoms. The third-order valence-electron chi connectivity index (χ3n) is 2.31. The van der Waals surface area contributed by atoms with E-state index in [0.717, 1.165) is 0 Å². The van der Waals surface area contributed by atoms with E-state index in [1.165, 1.54) is 7.11 Å². The van der Waals surface area contributed by atoms with Crippen molar-refractivity contribution in [2.75, 3.05) is 12.4 Å². The summed E-state index contributed by atoms with van der Waals surface area (Å²) >= 11 is 5.94. The van der Waals surface area contributed by atoms with Gasteiger partial charge in [-0.25, -0.2) is 0 Å². The van der Waals surface area contributed by atoms with Gasteiger partial charge in [-0.3, -0.25) is 4.79 Å². The molecule has 0 aliphatic rings. The minimum Gasteiger partial charge on any atom is -0.497 e. The molecule has 0 heterocycles. The molecule has 0 aliphatic carbocycles. The molecular weight excluding hydrogens is 240 g/mol. The molecule has 4 nitrogen and oxygen atoms in total. The van der Waals surface area contributed by atoms with Gasteiger partial charge >= 0.3 is 0 Å². The predicted octanol–water partition coefficient (Wildman–Crippen LogP) is 2.84. The zero-order valence-corrected chi connectivity index (χ0v) is 10.4. The number of nitrogens with zero attached hydrogens (tertiary/aromatic N) is 1. The van der Waals surface area contributed by atoms with E-state index in [1.54, 1.807) is 25.1 Å². The molecule has 1 unspecified atom stereocenters. The maximum atomic E-state index is 11.7. The number of rotatable bonds is 4. The second-order valence-corrected chi connectivity index (χ2v) is 3.83. The van der Waals surface area contributed by atoms with Crippen LogP contribution in [0.3, 0.4) is 0 Å². The molecule has 1 aromatic carbocycles. The number of carbonyl (C=O) groups is 1. The minimum absolute atomic E-state index is 0.356. The summed E-state index contributed by atoms with van der Waals surface area (Å²) in [6, 6.07) is 6.87. The fourth-order valence-electron chi connectivity index (χ4n) is 1.28. The van der Waals surface area contributed by atoms with Crippen LogP contribution < -0.4 is 10.1 Å². The molecule has 1 N–H and O–H groups in total. The first kappa shape index (κ1) is 13.3. The summed E-state index contributed by atoms with van der Waals surface area (Å²) in [4.78, 5) is 11.7. The van der Waals surface area contributed by atoms with Gasteiger partial charge in [0.25, 0.3) is 0 Å². The van der Waals surface area contributed by atoms with Crippen molar-refractivity contribution >= 4 is 23.2 Å². The highest BCUT2D eigenvalue weighted by Crippen LogP contribution is 2.27. The summed E-state index contributed by atoms with van der Waals surface area (Å²) in [7, 11) is 1.53.